The van der Waals surface area contributed by atoms with Crippen LogP contribution in [-0.2, 0) is 0 Å². The van der Waals surface area contributed by atoms with Crippen LogP contribution >= 0.6 is 23.2 Å². The Kier molecular flexibility index (Phi) is 1.24. The van der Waals surface area contributed by atoms with Gasteiger partial charge in [0.2, 0.25) is 0 Å². The van der Waals surface area contributed by atoms with Crippen LogP contribution in [0, 0.1) is 5.92 Å². The van der Waals surface area contributed by atoms with E-state index in [0.717, 1.165) is 6.54 Å². The van der Waals surface area contributed by atoms with E-state index in [4.69, 9.17) is 23.2 Å². The van der Waals surface area contributed by atoms with Crippen LogP contribution in [0.25, 0.3) is 0 Å². The van der Waals surface area contributed by atoms with Gasteiger partial charge < -0.3 is 5.32 Å². The molecule has 0 amide bonds. The van der Waals surface area contributed by atoms with Crippen LogP contribution < -0.4 is 5.32 Å². The van der Waals surface area contributed by atoms with Gasteiger partial charge in [-0.1, -0.05) is 23.2 Å². The van der Waals surface area contributed by atoms with Crippen molar-refractivity contribution in [3.05, 3.63) is 0 Å². The van der Waals surface area contributed by atoms with Gasteiger partial charge in [0.15, 0.2) is 0 Å². The summed E-state index contributed by atoms with van der Waals surface area (Å²) in [6, 6.07) is 0.398. The number of hydrogen-bond donors (Lipinski definition) is 1. The average molecular weight is 166 g/mol. The van der Waals surface area contributed by atoms with Gasteiger partial charge in [0.1, 0.15) is 4.33 Å². The molecule has 2 atom stereocenters. The molecule has 1 saturated heterocycles. The molecule has 1 nitrogen and oxygen atoms in total. The van der Waals surface area contributed by atoms with E-state index >= 15 is 0 Å². The van der Waals surface area contributed by atoms with E-state index in [-0.39, 0.29) is 0 Å². The van der Waals surface area contributed by atoms with Gasteiger partial charge in [-0.2, -0.15) is 0 Å². The molecule has 2 fully saturated rings. The largest absolute Gasteiger partial charge is 0.311 e. The molecule has 2 rings (SSSR count). The Morgan fingerprint density at radius 2 is 2.22 bits per heavy atom. The Hall–Kier alpha value is 0.540. The van der Waals surface area contributed by atoms with Crippen molar-refractivity contribution < 1.29 is 0 Å². The summed E-state index contributed by atoms with van der Waals surface area (Å²) >= 11 is 11.8. The van der Waals surface area contributed by atoms with Gasteiger partial charge in [0.05, 0.1) is 0 Å². The second kappa shape index (κ2) is 1.77. The lowest BCUT2D eigenvalue weighted by molar-refractivity contribution is 0.505. The molecular weight excluding hydrogens is 157 g/mol. The zero-order chi connectivity index (χ0) is 6.48. The van der Waals surface area contributed by atoms with Crippen molar-refractivity contribution >= 4 is 23.2 Å². The van der Waals surface area contributed by atoms with Crippen LogP contribution in [0.15, 0.2) is 0 Å². The molecule has 0 aromatic heterocycles. The molecular formula is C6H9Cl2N. The fourth-order valence-electron chi connectivity index (χ4n) is 1.61. The van der Waals surface area contributed by atoms with Gasteiger partial charge in [-0.05, 0) is 19.4 Å². The summed E-state index contributed by atoms with van der Waals surface area (Å²) in [6.07, 6.45) is 2.42. The average Bonchev–Trinajstić information content (AvgIpc) is 2.39. The monoisotopic (exact) mass is 165 g/mol. The highest BCUT2D eigenvalue weighted by Gasteiger charge is 2.63. The summed E-state index contributed by atoms with van der Waals surface area (Å²) in [6.45, 7) is 1.09. The van der Waals surface area contributed by atoms with Gasteiger partial charge in [-0.3, -0.25) is 0 Å². The number of halogens is 2. The van der Waals surface area contributed by atoms with Crippen LogP contribution in [0.2, 0.25) is 0 Å². The maximum Gasteiger partial charge on any atom is 0.138 e. The van der Waals surface area contributed by atoms with Gasteiger partial charge in [0, 0.05) is 12.0 Å². The van der Waals surface area contributed by atoms with Crippen LogP contribution in [0.3, 0.4) is 0 Å². The Morgan fingerprint density at radius 3 is 2.67 bits per heavy atom. The minimum atomic E-state index is -0.420. The van der Waals surface area contributed by atoms with Crippen molar-refractivity contribution in [3.8, 4) is 0 Å². The highest BCUT2D eigenvalue weighted by molar-refractivity contribution is 6.51. The predicted octanol–water partition coefficient (Wildman–Crippen LogP) is 1.54. The number of piperidine rings is 1. The van der Waals surface area contributed by atoms with Gasteiger partial charge in [-0.25, -0.2) is 0 Å². The number of fused-ring (bicyclic) bond motifs is 1. The van der Waals surface area contributed by atoms with Crippen molar-refractivity contribution in [3.63, 3.8) is 0 Å². The molecule has 9 heavy (non-hydrogen) atoms. The van der Waals surface area contributed by atoms with Gasteiger partial charge in [-0.15, -0.1) is 0 Å². The smallest absolute Gasteiger partial charge is 0.138 e. The number of hydrogen-bond acceptors (Lipinski definition) is 1. The topological polar surface area (TPSA) is 12.0 Å². The molecule has 0 bridgehead atoms. The summed E-state index contributed by atoms with van der Waals surface area (Å²) in [7, 11) is 0. The third-order valence-electron chi connectivity index (χ3n) is 2.26. The summed E-state index contributed by atoms with van der Waals surface area (Å²) in [5.41, 5.74) is 0. The molecule has 2 unspecified atom stereocenters. The van der Waals surface area contributed by atoms with E-state index in [1.165, 1.54) is 12.8 Å². The quantitative estimate of drug-likeness (QED) is 0.538. The molecule has 52 valence electrons. The van der Waals surface area contributed by atoms with Gasteiger partial charge >= 0.3 is 0 Å². The molecule has 1 heterocycles. The molecule has 0 spiro atoms. The van der Waals surface area contributed by atoms with Crippen LogP contribution in [-0.4, -0.2) is 16.9 Å². The third-order valence-corrected chi connectivity index (χ3v) is 3.29. The lowest BCUT2D eigenvalue weighted by atomic mass is 10.2. The van der Waals surface area contributed by atoms with Crippen molar-refractivity contribution in [1.82, 2.24) is 5.32 Å². The van der Waals surface area contributed by atoms with Crippen molar-refractivity contribution in [2.24, 2.45) is 5.92 Å². The van der Waals surface area contributed by atoms with E-state index in [9.17, 15) is 0 Å². The second-order valence-electron chi connectivity index (χ2n) is 2.86. The standard InChI is InChI=1S/C6H9Cl2N/c7-6(8)4-2-1-3-9-5(4)6/h4-5,9H,1-3H2. The molecule has 0 aromatic carbocycles. The maximum absolute atomic E-state index is 5.92. The zero-order valence-corrected chi connectivity index (χ0v) is 6.54. The lowest BCUT2D eigenvalue weighted by Gasteiger charge is -2.06. The van der Waals surface area contributed by atoms with E-state index in [1.807, 2.05) is 0 Å². The molecule has 1 saturated carbocycles. The molecule has 0 radical (unpaired) electrons. The summed E-state index contributed by atoms with van der Waals surface area (Å²) in [5, 5.41) is 3.28. The Morgan fingerprint density at radius 1 is 1.44 bits per heavy atom. The second-order valence-corrected chi connectivity index (χ2v) is 4.30. The van der Waals surface area contributed by atoms with E-state index in [1.54, 1.807) is 0 Å². The summed E-state index contributed by atoms with van der Waals surface area (Å²) in [4.78, 5) is 0. The fourth-order valence-corrected chi connectivity index (χ4v) is 2.41. The van der Waals surface area contributed by atoms with E-state index in [0.29, 0.717) is 12.0 Å². The minimum absolute atomic E-state index is 0.398. The Bertz CT molecular complexity index is 121. The van der Waals surface area contributed by atoms with E-state index < -0.39 is 4.33 Å². The fraction of sp³-hybridized carbons (Fsp3) is 1.00. The first-order chi connectivity index (χ1) is 4.23. The maximum atomic E-state index is 5.92. The SMILES string of the molecule is ClC1(Cl)C2CCCNC21. The first-order valence-corrected chi connectivity index (χ1v) is 4.10. The predicted molar refractivity (Wildman–Crippen MR) is 39.0 cm³/mol. The molecule has 2 aliphatic rings. The lowest BCUT2D eigenvalue weighted by Crippen LogP contribution is -2.25. The number of alkyl halides is 2. The summed E-state index contributed by atoms with van der Waals surface area (Å²) in [5.74, 6) is 0.537. The van der Waals surface area contributed by atoms with Crippen molar-refractivity contribution in [2.45, 2.75) is 23.2 Å². The Labute approximate surface area is 64.7 Å². The van der Waals surface area contributed by atoms with Crippen molar-refractivity contribution in [1.29, 1.82) is 0 Å². The first kappa shape index (κ1) is 6.26. The first-order valence-electron chi connectivity index (χ1n) is 3.34. The normalized spacial score (nSPS) is 46.0. The highest BCUT2D eigenvalue weighted by Crippen LogP contribution is 2.56. The van der Waals surface area contributed by atoms with E-state index in [2.05, 4.69) is 5.32 Å². The minimum Gasteiger partial charge on any atom is -0.311 e. The van der Waals surface area contributed by atoms with Gasteiger partial charge in [0.25, 0.3) is 0 Å². The highest BCUT2D eigenvalue weighted by atomic mass is 35.5. The molecule has 3 heteroatoms. The molecule has 1 aliphatic heterocycles. The molecule has 1 N–H and O–H groups in total. The molecule has 0 aromatic rings. The zero-order valence-electron chi connectivity index (χ0n) is 5.03. The van der Waals surface area contributed by atoms with Crippen LogP contribution in [0.1, 0.15) is 12.8 Å². The van der Waals surface area contributed by atoms with Crippen molar-refractivity contribution in [2.75, 3.05) is 6.54 Å². The number of nitrogens with one attached hydrogen (secondary N) is 1. The number of rotatable bonds is 0. The Balaban J connectivity index is 2.06. The van der Waals surface area contributed by atoms with Crippen LogP contribution in [0.5, 0.6) is 0 Å². The van der Waals surface area contributed by atoms with Crippen LogP contribution in [0.4, 0.5) is 0 Å². The summed E-state index contributed by atoms with van der Waals surface area (Å²) < 4.78 is -0.420. The third kappa shape index (κ3) is 0.787. The molecule has 1 aliphatic carbocycles.